The number of halogens is 1. The number of hydrogen-bond acceptors (Lipinski definition) is 7. The largest absolute Gasteiger partial charge is 0.464 e. The lowest BCUT2D eigenvalue weighted by Gasteiger charge is -1.96. The minimum absolute atomic E-state index is 0.155. The molecule has 2 heterocycles. The van der Waals surface area contributed by atoms with E-state index in [0.717, 1.165) is 3.79 Å². The molecule has 2 rings (SSSR count). The van der Waals surface area contributed by atoms with E-state index in [1.807, 2.05) is 0 Å². The average Bonchev–Trinajstić information content (AvgIpc) is 3.02. The molecule has 0 unspecified atom stereocenters. The van der Waals surface area contributed by atoms with Crippen molar-refractivity contribution in [2.45, 2.75) is 0 Å². The Hall–Kier alpha value is -1.67. The van der Waals surface area contributed by atoms with E-state index in [-0.39, 0.29) is 17.3 Å². The van der Waals surface area contributed by atoms with Gasteiger partial charge >= 0.3 is 11.9 Å². The monoisotopic (exact) mass is 345 g/mol. The Morgan fingerprint density at radius 1 is 1.32 bits per heavy atom. The van der Waals surface area contributed by atoms with Gasteiger partial charge in [0.2, 0.25) is 17.3 Å². The number of nitrogens with zero attached hydrogens (tertiary/aromatic N) is 1. The zero-order valence-corrected chi connectivity index (χ0v) is 12.3. The fraction of sp³-hybridized carbons (Fsp3) is 0.182. The van der Waals surface area contributed by atoms with Gasteiger partial charge in [-0.3, -0.25) is 0 Å². The van der Waals surface area contributed by atoms with Crippen LogP contribution in [0.5, 0.6) is 0 Å². The first-order chi connectivity index (χ1) is 9.06. The van der Waals surface area contributed by atoms with Crippen LogP contribution in [0.25, 0.3) is 11.5 Å². The third-order valence-corrected chi connectivity index (χ3v) is 3.70. The first-order valence-corrected chi connectivity index (χ1v) is 6.66. The average molecular weight is 346 g/mol. The Bertz CT molecular complexity index is 599. The maximum absolute atomic E-state index is 11.5. The Morgan fingerprint density at radius 3 is 2.53 bits per heavy atom. The SMILES string of the molecule is COC(=O)c1nc(-c2csc(Br)c2)oc1C(=O)OC. The molecule has 2 aromatic rings. The summed E-state index contributed by atoms with van der Waals surface area (Å²) >= 11 is 4.73. The fourth-order valence-electron chi connectivity index (χ4n) is 1.33. The molecule has 0 spiro atoms. The summed E-state index contributed by atoms with van der Waals surface area (Å²) in [5.41, 5.74) is 0.448. The van der Waals surface area contributed by atoms with Gasteiger partial charge in [0.25, 0.3) is 0 Å². The number of oxazole rings is 1. The van der Waals surface area contributed by atoms with Gasteiger partial charge in [0.05, 0.1) is 18.0 Å². The summed E-state index contributed by atoms with van der Waals surface area (Å²) in [4.78, 5) is 27.1. The molecule has 0 atom stereocenters. The molecule has 0 aliphatic heterocycles. The van der Waals surface area contributed by atoms with Crippen LogP contribution >= 0.6 is 27.3 Å². The molecule has 0 bridgehead atoms. The molecule has 0 fully saturated rings. The molecule has 0 aliphatic rings. The van der Waals surface area contributed by atoms with Crippen molar-refractivity contribution >= 4 is 39.2 Å². The van der Waals surface area contributed by atoms with Crippen LogP contribution in [0.1, 0.15) is 21.0 Å². The minimum Gasteiger partial charge on any atom is -0.464 e. The minimum atomic E-state index is -0.784. The summed E-state index contributed by atoms with van der Waals surface area (Å²) in [5.74, 6) is -1.66. The van der Waals surface area contributed by atoms with E-state index in [1.54, 1.807) is 11.4 Å². The van der Waals surface area contributed by atoms with Gasteiger partial charge in [-0.15, -0.1) is 11.3 Å². The second-order valence-corrected chi connectivity index (χ2v) is 5.61. The van der Waals surface area contributed by atoms with Crippen LogP contribution in [0.15, 0.2) is 19.6 Å². The van der Waals surface area contributed by atoms with Crippen molar-refractivity contribution in [3.63, 3.8) is 0 Å². The second kappa shape index (κ2) is 5.54. The first-order valence-electron chi connectivity index (χ1n) is 4.98. The standard InChI is InChI=1S/C11H8BrNO5S/c1-16-10(14)7-8(11(15)17-2)18-9(13-7)5-3-6(12)19-4-5/h3-4H,1-2H3. The molecule has 0 saturated heterocycles. The predicted molar refractivity (Wildman–Crippen MR) is 70.2 cm³/mol. The summed E-state index contributed by atoms with van der Waals surface area (Å²) in [5, 5.41) is 1.78. The molecule has 100 valence electrons. The number of esters is 2. The molecule has 19 heavy (non-hydrogen) atoms. The van der Waals surface area contributed by atoms with Gasteiger partial charge in [-0.1, -0.05) is 0 Å². The van der Waals surface area contributed by atoms with Gasteiger partial charge < -0.3 is 13.9 Å². The van der Waals surface area contributed by atoms with Crippen molar-refractivity contribution in [3.05, 3.63) is 26.7 Å². The van der Waals surface area contributed by atoms with Gasteiger partial charge in [0, 0.05) is 10.9 Å². The van der Waals surface area contributed by atoms with Gasteiger partial charge in [0.15, 0.2) is 0 Å². The van der Waals surface area contributed by atoms with Gasteiger partial charge in [-0.2, -0.15) is 0 Å². The van der Waals surface area contributed by atoms with Crippen molar-refractivity contribution in [1.82, 2.24) is 4.98 Å². The zero-order valence-electron chi connectivity index (χ0n) is 9.93. The lowest BCUT2D eigenvalue weighted by atomic mass is 10.3. The van der Waals surface area contributed by atoms with E-state index in [4.69, 9.17) is 4.42 Å². The lowest BCUT2D eigenvalue weighted by Crippen LogP contribution is -2.10. The number of carbonyl (C=O) groups excluding carboxylic acids is 2. The topological polar surface area (TPSA) is 78.6 Å². The van der Waals surface area contributed by atoms with E-state index < -0.39 is 11.9 Å². The summed E-state index contributed by atoms with van der Waals surface area (Å²) in [6.45, 7) is 0. The van der Waals surface area contributed by atoms with Crippen molar-refractivity contribution in [2.75, 3.05) is 14.2 Å². The molecule has 8 heteroatoms. The molecule has 0 amide bonds. The maximum Gasteiger partial charge on any atom is 0.376 e. The highest BCUT2D eigenvalue weighted by Crippen LogP contribution is 2.30. The Balaban J connectivity index is 2.51. The summed E-state index contributed by atoms with van der Waals surface area (Å²) in [6.07, 6.45) is 0. The van der Waals surface area contributed by atoms with E-state index in [1.165, 1.54) is 25.6 Å². The number of rotatable bonds is 3. The predicted octanol–water partition coefficient (Wildman–Crippen LogP) is 2.74. The van der Waals surface area contributed by atoms with Crippen LogP contribution in [0.2, 0.25) is 0 Å². The number of ether oxygens (including phenoxy) is 2. The summed E-state index contributed by atoms with van der Waals surface area (Å²) in [6, 6.07) is 1.76. The lowest BCUT2D eigenvalue weighted by molar-refractivity contribution is 0.0527. The van der Waals surface area contributed by atoms with Crippen molar-refractivity contribution in [1.29, 1.82) is 0 Å². The fourth-order valence-corrected chi connectivity index (χ4v) is 2.46. The molecule has 0 N–H and O–H groups in total. The smallest absolute Gasteiger partial charge is 0.376 e. The van der Waals surface area contributed by atoms with Crippen molar-refractivity contribution in [3.8, 4) is 11.5 Å². The van der Waals surface area contributed by atoms with Gasteiger partial charge in [0.1, 0.15) is 0 Å². The first kappa shape index (κ1) is 13.8. The molecule has 0 saturated carbocycles. The Kier molecular flexibility index (Phi) is 4.01. The van der Waals surface area contributed by atoms with E-state index in [9.17, 15) is 9.59 Å². The Morgan fingerprint density at radius 2 is 2.00 bits per heavy atom. The number of thiophene rings is 1. The summed E-state index contributed by atoms with van der Waals surface area (Å²) in [7, 11) is 2.38. The van der Waals surface area contributed by atoms with Gasteiger partial charge in [-0.25, -0.2) is 14.6 Å². The highest BCUT2D eigenvalue weighted by Gasteiger charge is 2.27. The highest BCUT2D eigenvalue weighted by atomic mass is 79.9. The molecule has 0 aliphatic carbocycles. The van der Waals surface area contributed by atoms with Gasteiger partial charge in [-0.05, 0) is 22.0 Å². The van der Waals surface area contributed by atoms with Crippen molar-refractivity contribution < 1.29 is 23.5 Å². The highest BCUT2D eigenvalue weighted by molar-refractivity contribution is 9.11. The van der Waals surface area contributed by atoms with Crippen LogP contribution in [0.3, 0.4) is 0 Å². The molecule has 0 radical (unpaired) electrons. The molecular formula is C11H8BrNO5S. The molecule has 0 aromatic carbocycles. The van der Waals surface area contributed by atoms with Crippen LogP contribution in [-0.4, -0.2) is 31.1 Å². The quantitative estimate of drug-likeness (QED) is 0.795. The van der Waals surface area contributed by atoms with Crippen molar-refractivity contribution in [2.24, 2.45) is 0 Å². The van der Waals surface area contributed by atoms with Crippen LogP contribution in [-0.2, 0) is 9.47 Å². The zero-order chi connectivity index (χ0) is 14.0. The Labute approximate surface area is 120 Å². The van der Waals surface area contributed by atoms with E-state index in [0.29, 0.717) is 5.56 Å². The number of carbonyl (C=O) groups is 2. The van der Waals surface area contributed by atoms with E-state index in [2.05, 4.69) is 30.4 Å². The van der Waals surface area contributed by atoms with Crippen LogP contribution in [0.4, 0.5) is 0 Å². The number of methoxy groups -OCH3 is 2. The summed E-state index contributed by atoms with van der Waals surface area (Å²) < 4.78 is 15.3. The van der Waals surface area contributed by atoms with Crippen LogP contribution < -0.4 is 0 Å². The third-order valence-electron chi connectivity index (χ3n) is 2.19. The van der Waals surface area contributed by atoms with Crippen LogP contribution in [0, 0.1) is 0 Å². The normalized spacial score (nSPS) is 10.3. The second-order valence-electron chi connectivity index (χ2n) is 3.32. The number of aromatic nitrogens is 1. The maximum atomic E-state index is 11.5. The molecule has 2 aromatic heterocycles. The van der Waals surface area contributed by atoms with E-state index >= 15 is 0 Å². The molecular weight excluding hydrogens is 338 g/mol. The number of hydrogen-bond donors (Lipinski definition) is 0. The third kappa shape index (κ3) is 2.69. The molecule has 6 nitrogen and oxygen atoms in total.